The van der Waals surface area contributed by atoms with Crippen molar-refractivity contribution in [2.24, 2.45) is 25.9 Å². The topological polar surface area (TPSA) is 199 Å². The number of fused-ring (bicyclic) bond motifs is 2. The number of likely N-dealkylation sites (tertiary alicyclic amines) is 1. The summed E-state index contributed by atoms with van der Waals surface area (Å²) in [5.74, 6) is -3.47. The number of nitrogens with one attached hydrogen (secondary N) is 1. The Labute approximate surface area is 493 Å². The predicted octanol–water partition coefficient (Wildman–Crippen LogP) is 10.0. The lowest BCUT2D eigenvalue weighted by atomic mass is 9.79. The second-order valence-corrected chi connectivity index (χ2v) is 37.8. The molecule has 0 unspecified atom stereocenters. The molecule has 0 bridgehead atoms. The van der Waals surface area contributed by atoms with E-state index in [1.807, 2.05) is 105 Å². The van der Waals surface area contributed by atoms with Crippen molar-refractivity contribution >= 4 is 96.4 Å². The minimum atomic E-state index is -3.21. The van der Waals surface area contributed by atoms with Crippen molar-refractivity contribution in [2.75, 3.05) is 6.61 Å². The third-order valence-corrected chi connectivity index (χ3v) is 30.8. The molecule has 1 N–H and O–H groups in total. The molecule has 2 fully saturated rings. The Morgan fingerprint density at radius 3 is 1.43 bits per heavy atom. The number of hydrogen-bond donors (Lipinski definition) is 1. The van der Waals surface area contributed by atoms with Crippen molar-refractivity contribution in [3.63, 3.8) is 0 Å². The maximum atomic E-state index is 15.1. The van der Waals surface area contributed by atoms with Gasteiger partial charge in [0.2, 0.25) is 11.8 Å². The van der Waals surface area contributed by atoms with Gasteiger partial charge in [-0.15, -0.1) is 0 Å². The van der Waals surface area contributed by atoms with Crippen LogP contribution in [0, 0.1) is 11.8 Å². The van der Waals surface area contributed by atoms with Gasteiger partial charge in [0.15, 0.2) is 39.4 Å². The van der Waals surface area contributed by atoms with Crippen molar-refractivity contribution in [3.05, 3.63) is 172 Å². The van der Waals surface area contributed by atoms with Crippen LogP contribution in [0.4, 0.5) is 0 Å². The fraction of sp³-hybridized carbons (Fsp3) is 0.385. The van der Waals surface area contributed by atoms with Gasteiger partial charge >= 0.3 is 17.5 Å². The average molecular weight is 1200 g/mol. The van der Waals surface area contributed by atoms with Crippen LogP contribution in [0.1, 0.15) is 88.9 Å². The van der Waals surface area contributed by atoms with Gasteiger partial charge in [0.1, 0.15) is 12.0 Å². The minimum absolute atomic E-state index is 0.0444. The van der Waals surface area contributed by atoms with Gasteiger partial charge in [0.05, 0.1) is 47.2 Å². The van der Waals surface area contributed by atoms with Crippen molar-refractivity contribution in [1.82, 2.24) is 19.4 Å². The second kappa shape index (κ2) is 24.4. The molecule has 9 rings (SSSR count). The van der Waals surface area contributed by atoms with Crippen LogP contribution in [0.5, 0.6) is 0 Å². The van der Waals surface area contributed by atoms with Crippen LogP contribution < -0.4 is 32.7 Å². The number of Topliss-reactive ketones (excluding diaryl/α,β-unsaturated/α-hetero) is 2. The Bertz CT molecular complexity index is 3710. The van der Waals surface area contributed by atoms with Crippen LogP contribution >= 0.6 is 6.89 Å². The number of amides is 2. The van der Waals surface area contributed by atoms with Gasteiger partial charge in [-0.25, -0.2) is 14.4 Å². The zero-order chi connectivity index (χ0) is 61.4. The molecule has 4 heterocycles. The summed E-state index contributed by atoms with van der Waals surface area (Å²) >= 11 is 0. The molecule has 0 spiro atoms. The average Bonchev–Trinajstić information content (AvgIpc) is 1.03. The van der Waals surface area contributed by atoms with Crippen molar-refractivity contribution in [3.8, 4) is 0 Å². The molecular weight excluding hydrogens is 1120 g/mol. The van der Waals surface area contributed by atoms with Crippen LogP contribution in [0.2, 0.25) is 36.3 Å². The van der Waals surface area contributed by atoms with Gasteiger partial charge in [-0.3, -0.25) is 28.3 Å². The Morgan fingerprint density at radius 2 is 1.04 bits per heavy atom. The van der Waals surface area contributed by atoms with Gasteiger partial charge in [0, 0.05) is 44.9 Å². The first-order valence-electron chi connectivity index (χ1n) is 28.4. The van der Waals surface area contributed by atoms with Crippen LogP contribution in [0.15, 0.2) is 158 Å². The summed E-state index contributed by atoms with van der Waals surface area (Å²) in [5.41, 5.74) is 2.89. The molecule has 16 nitrogen and oxygen atoms in total. The highest BCUT2D eigenvalue weighted by atomic mass is 31.2. The molecule has 2 amide bonds. The number of ether oxygens (including phenoxy) is 1. The number of carbonyl (C=O) groups is 5. The van der Waals surface area contributed by atoms with E-state index >= 15 is 4.79 Å². The molecule has 7 aromatic rings. The summed E-state index contributed by atoms with van der Waals surface area (Å²) in [6.45, 7) is 25.8. The van der Waals surface area contributed by atoms with Crippen molar-refractivity contribution < 1.29 is 46.4 Å². The molecule has 0 radical (unpaired) electrons. The predicted molar refractivity (Wildman–Crippen MR) is 337 cm³/mol. The molecule has 6 atom stereocenters. The lowest BCUT2D eigenvalue weighted by Gasteiger charge is -2.53. The van der Waals surface area contributed by atoms with Gasteiger partial charge < -0.3 is 32.6 Å². The first kappa shape index (κ1) is 62.8. The number of esters is 1. The van der Waals surface area contributed by atoms with Gasteiger partial charge in [-0.2, -0.15) is 0 Å². The van der Waals surface area contributed by atoms with Crippen LogP contribution in [-0.4, -0.2) is 96.3 Å². The summed E-state index contributed by atoms with van der Waals surface area (Å²) < 4.78 is 32.3. The quantitative estimate of drug-likeness (QED) is 0.0201. The maximum Gasteiger partial charge on any atom is 0.419 e. The molecule has 2 aliphatic rings. The fourth-order valence-electron chi connectivity index (χ4n) is 10.8. The summed E-state index contributed by atoms with van der Waals surface area (Å²) in [6, 6.07) is 38.1. The fourth-order valence-corrected chi connectivity index (χ4v) is 18.0. The van der Waals surface area contributed by atoms with Crippen LogP contribution in [-0.2, 0) is 42.1 Å². The smallest absolute Gasteiger partial charge is 0.419 e. The number of carbonyl (C=O) groups excluding carboxylic acids is 5. The van der Waals surface area contributed by atoms with Crippen molar-refractivity contribution in [2.45, 2.75) is 129 Å². The molecular formula is C65H79N4O12PSi2. The number of oxazole rings is 2. The third-order valence-electron chi connectivity index (χ3n) is 17.4. The third kappa shape index (κ3) is 12.2. The Kier molecular flexibility index (Phi) is 18.3. The van der Waals surface area contributed by atoms with E-state index in [2.05, 4.69) is 79.6 Å². The van der Waals surface area contributed by atoms with Crippen LogP contribution in [0.3, 0.4) is 0 Å². The lowest BCUT2D eigenvalue weighted by Crippen LogP contribution is -2.69. The monoisotopic (exact) mass is 1190 g/mol. The van der Waals surface area contributed by atoms with E-state index < -0.39 is 59.1 Å². The van der Waals surface area contributed by atoms with E-state index in [1.54, 1.807) is 55.4 Å². The summed E-state index contributed by atoms with van der Waals surface area (Å²) in [6.07, 6.45) is 0.760. The zero-order valence-electron chi connectivity index (χ0n) is 50.7. The highest BCUT2D eigenvalue weighted by molar-refractivity contribution is 7.96. The molecule has 0 aliphatic carbocycles. The van der Waals surface area contributed by atoms with E-state index in [4.69, 9.17) is 22.4 Å². The Balaban J connectivity index is 0.000000266. The number of aryl methyl sites for hydroxylation is 2. The molecule has 0 saturated carbocycles. The molecule has 2 aromatic heterocycles. The second-order valence-electron chi connectivity index (χ2n) is 25.0. The molecule has 2 aliphatic heterocycles. The number of hydrogen-bond acceptors (Lipinski definition) is 12. The largest absolute Gasteiger partial charge is 0.457 e. The van der Waals surface area contributed by atoms with E-state index in [-0.39, 0.29) is 76.4 Å². The van der Waals surface area contributed by atoms with Crippen molar-refractivity contribution in [1.29, 1.82) is 0 Å². The molecule has 444 valence electrons. The van der Waals surface area contributed by atoms with Crippen LogP contribution in [0.25, 0.3) is 22.2 Å². The normalized spacial score (nSPS) is 18.2. The number of β-lactam (4-membered cyclic amide) rings is 2. The Hall–Kier alpha value is -7.22. The number of rotatable bonds is 19. The molecule has 5 aromatic carbocycles. The van der Waals surface area contributed by atoms with E-state index in [1.165, 1.54) is 15.2 Å². The first-order valence-corrected chi connectivity index (χ1v) is 36.0. The van der Waals surface area contributed by atoms with Gasteiger partial charge in [-0.1, -0.05) is 145 Å². The SMILES string of the molecule is C=CCOC(=O)C(N1C(=O)[C@H]([C@@H](C)O[Si](C)(C)C(C)(C)C)[C@H]1CC(=O)c1ccc2oc(=O)n(C)c2c1)=P(c1ccccc1)(c1ccccc1)c1ccccc1.C[C@@H](O[Si](C)(C)C(C)(C)C)[C@H]1C(=O)N[C@@H]1CC(=O)c1ccc2oc(=O)n(C)c2c1. The van der Waals surface area contributed by atoms with E-state index in [0.29, 0.717) is 33.3 Å². The van der Waals surface area contributed by atoms with Gasteiger partial charge in [-0.05, 0) is 102 Å². The first-order chi connectivity index (χ1) is 39.4. The van der Waals surface area contributed by atoms with Gasteiger partial charge in [0.25, 0.3) is 0 Å². The van der Waals surface area contributed by atoms with E-state index in [0.717, 1.165) is 15.9 Å². The minimum Gasteiger partial charge on any atom is -0.457 e. The highest BCUT2D eigenvalue weighted by Crippen LogP contribution is 2.51. The maximum absolute atomic E-state index is 15.1. The lowest BCUT2D eigenvalue weighted by molar-refractivity contribution is -0.156. The number of nitrogens with zero attached hydrogens (tertiary/aromatic N) is 3. The highest BCUT2D eigenvalue weighted by Gasteiger charge is 2.57. The molecule has 2 saturated heterocycles. The summed E-state index contributed by atoms with van der Waals surface area (Å²) in [4.78, 5) is 95.1. The Morgan fingerprint density at radius 1 is 0.631 bits per heavy atom. The molecule has 84 heavy (non-hydrogen) atoms. The zero-order valence-corrected chi connectivity index (χ0v) is 53.6. The van der Waals surface area contributed by atoms with E-state index in [9.17, 15) is 28.8 Å². The number of ketones is 2. The summed E-state index contributed by atoms with van der Waals surface area (Å²) in [5, 5.41) is 5.29. The standard InChI is InChI=1S/C44H49N2O7PSi.C21H30N2O5Si/c1-9-27-51-42(49)41(54(32-19-13-10-14-20-32,33-21-15-11-16-22-33)34-23-17-12-18-24-34)46-36(39(40(46)48)30(2)53-55(7,8)44(3,4)5)29-37(47)31-25-26-38-35(28-31)45(6)43(50)52-38;1-12(28-29(6,7)21(2,3)4)18-14(22-19(18)25)11-16(24)13-8-9-17-15(10-13)23(5)20(26)27-17/h9-26,28,30,36,39H,1,27,29H2,2-8H3;8-10,12,14,18H,11H2,1-7H3,(H,22,25)/t30-,36-,39-;12-,14-,18-/m11/s1. The number of benzene rings is 5. The summed E-state index contributed by atoms with van der Waals surface area (Å²) in [7, 11) is -1.23. The number of aromatic nitrogens is 2. The molecule has 19 heteroatoms.